The fourth-order valence-electron chi connectivity index (χ4n) is 1.81. The summed E-state index contributed by atoms with van der Waals surface area (Å²) in [4.78, 5) is 0. The molecule has 4 N–H and O–H groups in total. The van der Waals surface area contributed by atoms with Crippen molar-refractivity contribution < 1.29 is 21.9 Å². The lowest BCUT2D eigenvalue weighted by atomic mass is 10.0. The number of fused-ring (bicyclic) bond motifs is 2. The SMILES string of the molecule is CCNc1cc2c(N)c(c1C(C)O)OS(=O)(=O)O2. The molecule has 0 aromatic heterocycles. The molecule has 0 spiro atoms. The summed E-state index contributed by atoms with van der Waals surface area (Å²) in [6.45, 7) is 3.96. The third-order valence-electron chi connectivity index (χ3n) is 2.48. The maximum absolute atomic E-state index is 11.3. The molecule has 0 saturated carbocycles. The van der Waals surface area contributed by atoms with Crippen molar-refractivity contribution in [2.45, 2.75) is 20.0 Å². The number of nitrogen functional groups attached to an aromatic ring is 1. The summed E-state index contributed by atoms with van der Waals surface area (Å²) in [5, 5.41) is 12.7. The van der Waals surface area contributed by atoms with E-state index in [9.17, 15) is 13.5 Å². The maximum Gasteiger partial charge on any atom is 0.501 e. The van der Waals surface area contributed by atoms with Gasteiger partial charge in [0.25, 0.3) is 0 Å². The highest BCUT2D eigenvalue weighted by Crippen LogP contribution is 2.47. The van der Waals surface area contributed by atoms with Crippen LogP contribution in [-0.4, -0.2) is 20.1 Å². The standard InChI is InChI=1S/C10H14N2O5S/c1-3-12-6-4-7-9(11)10(8(6)5(2)13)17-18(14,15)16-7/h4-5,12-13H,3,11H2,1-2H3. The first kappa shape index (κ1) is 12.8. The molecule has 8 heteroatoms. The Hall–Kier alpha value is -1.67. The molecule has 0 aliphatic carbocycles. The van der Waals surface area contributed by atoms with Crippen LogP contribution in [0.15, 0.2) is 6.07 Å². The number of hydrogen-bond donors (Lipinski definition) is 3. The predicted octanol–water partition coefficient (Wildman–Crippen LogP) is 0.770. The molecule has 0 amide bonds. The van der Waals surface area contributed by atoms with Crippen LogP contribution in [0, 0.1) is 0 Å². The quantitative estimate of drug-likeness (QED) is 0.698. The molecule has 1 unspecified atom stereocenters. The van der Waals surface area contributed by atoms with E-state index in [1.807, 2.05) is 6.92 Å². The number of aliphatic hydroxyl groups excluding tert-OH is 1. The third-order valence-corrected chi connectivity index (χ3v) is 3.24. The fourth-order valence-corrected chi connectivity index (χ4v) is 2.58. The summed E-state index contributed by atoms with van der Waals surface area (Å²) in [5.41, 5.74) is 6.60. The van der Waals surface area contributed by atoms with Crippen molar-refractivity contribution in [3.8, 4) is 11.5 Å². The molecule has 1 heterocycles. The highest BCUT2D eigenvalue weighted by Gasteiger charge is 2.32. The second-order valence-corrected chi connectivity index (χ2v) is 5.01. The number of hydrogen-bond acceptors (Lipinski definition) is 7. The molecule has 1 aromatic rings. The second kappa shape index (κ2) is 4.21. The van der Waals surface area contributed by atoms with Crippen LogP contribution in [0.25, 0.3) is 0 Å². The van der Waals surface area contributed by atoms with Crippen molar-refractivity contribution in [2.75, 3.05) is 17.6 Å². The van der Waals surface area contributed by atoms with Crippen molar-refractivity contribution in [3.05, 3.63) is 11.6 Å². The lowest BCUT2D eigenvalue weighted by molar-refractivity contribution is 0.196. The van der Waals surface area contributed by atoms with E-state index in [-0.39, 0.29) is 17.2 Å². The van der Waals surface area contributed by atoms with Gasteiger partial charge in [-0.1, -0.05) is 0 Å². The molecule has 18 heavy (non-hydrogen) atoms. The molecule has 1 atom stereocenters. The van der Waals surface area contributed by atoms with Gasteiger partial charge < -0.3 is 24.5 Å². The van der Waals surface area contributed by atoms with E-state index in [1.54, 1.807) is 0 Å². The van der Waals surface area contributed by atoms with Crippen LogP contribution in [0.5, 0.6) is 11.5 Å². The Labute approximate surface area is 105 Å². The van der Waals surface area contributed by atoms with Gasteiger partial charge in [0.2, 0.25) is 0 Å². The fraction of sp³-hybridized carbons (Fsp3) is 0.400. The smallest absolute Gasteiger partial charge is 0.393 e. The zero-order valence-corrected chi connectivity index (χ0v) is 10.7. The molecular weight excluding hydrogens is 260 g/mol. The van der Waals surface area contributed by atoms with Gasteiger partial charge in [-0.3, -0.25) is 0 Å². The first-order chi connectivity index (χ1) is 8.35. The number of benzene rings is 1. The minimum absolute atomic E-state index is 0.00315. The molecule has 1 aliphatic rings. The zero-order chi connectivity index (χ0) is 13.5. The largest absolute Gasteiger partial charge is 0.501 e. The van der Waals surface area contributed by atoms with Crippen molar-refractivity contribution >= 4 is 21.8 Å². The topological polar surface area (TPSA) is 111 Å². The third kappa shape index (κ3) is 2.04. The molecule has 7 nitrogen and oxygen atoms in total. The second-order valence-electron chi connectivity index (χ2n) is 3.86. The van der Waals surface area contributed by atoms with Gasteiger partial charge in [0, 0.05) is 23.9 Å². The van der Waals surface area contributed by atoms with Crippen molar-refractivity contribution in [2.24, 2.45) is 0 Å². The number of nitrogens with two attached hydrogens (primary N) is 1. The van der Waals surface area contributed by atoms with Gasteiger partial charge in [-0.15, -0.1) is 8.42 Å². The van der Waals surface area contributed by atoms with Gasteiger partial charge in [0.15, 0.2) is 11.5 Å². The van der Waals surface area contributed by atoms with E-state index in [0.29, 0.717) is 17.8 Å². The molecule has 1 aliphatic heterocycles. The van der Waals surface area contributed by atoms with Crippen LogP contribution in [0.3, 0.4) is 0 Å². The average Bonchev–Trinajstić information content (AvgIpc) is 2.21. The van der Waals surface area contributed by atoms with Gasteiger partial charge in [-0.05, 0) is 13.8 Å². The number of aliphatic hydroxyl groups is 1. The van der Waals surface area contributed by atoms with Gasteiger partial charge in [-0.2, -0.15) is 0 Å². The summed E-state index contributed by atoms with van der Waals surface area (Å²) >= 11 is 0. The summed E-state index contributed by atoms with van der Waals surface area (Å²) < 4.78 is 32.0. The van der Waals surface area contributed by atoms with Crippen LogP contribution < -0.4 is 19.4 Å². The average molecular weight is 274 g/mol. The first-order valence-electron chi connectivity index (χ1n) is 5.38. The molecule has 0 saturated heterocycles. The minimum atomic E-state index is -4.16. The lowest BCUT2D eigenvalue weighted by Crippen LogP contribution is -2.24. The van der Waals surface area contributed by atoms with Crippen LogP contribution >= 0.6 is 0 Å². The Balaban J connectivity index is 2.68. The van der Waals surface area contributed by atoms with Crippen LogP contribution in [0.1, 0.15) is 25.5 Å². The van der Waals surface area contributed by atoms with Crippen molar-refractivity contribution in [1.29, 1.82) is 0 Å². The molecule has 2 bridgehead atoms. The summed E-state index contributed by atoms with van der Waals surface area (Å²) in [5.74, 6) is -0.0821. The Bertz CT molecular complexity index is 582. The van der Waals surface area contributed by atoms with Crippen LogP contribution in [0.4, 0.5) is 11.4 Å². The Morgan fingerprint density at radius 3 is 2.72 bits per heavy atom. The normalized spacial score (nSPS) is 17.5. The van der Waals surface area contributed by atoms with E-state index < -0.39 is 16.5 Å². The summed E-state index contributed by atoms with van der Waals surface area (Å²) in [7, 11) is -4.16. The molecular formula is C10H14N2O5S. The van der Waals surface area contributed by atoms with Gasteiger partial charge in [0.1, 0.15) is 5.69 Å². The summed E-state index contributed by atoms with van der Waals surface area (Å²) in [6.07, 6.45) is -0.932. The van der Waals surface area contributed by atoms with Gasteiger partial charge in [0.05, 0.1) is 6.10 Å². The van der Waals surface area contributed by atoms with E-state index in [1.165, 1.54) is 13.0 Å². The lowest BCUT2D eigenvalue weighted by Gasteiger charge is -2.24. The van der Waals surface area contributed by atoms with E-state index >= 15 is 0 Å². The van der Waals surface area contributed by atoms with Crippen LogP contribution in [0.2, 0.25) is 0 Å². The Morgan fingerprint density at radius 2 is 2.17 bits per heavy atom. The monoisotopic (exact) mass is 274 g/mol. The highest BCUT2D eigenvalue weighted by molar-refractivity contribution is 7.82. The van der Waals surface area contributed by atoms with Crippen molar-refractivity contribution in [3.63, 3.8) is 0 Å². The summed E-state index contributed by atoms with van der Waals surface area (Å²) in [6, 6.07) is 1.43. The number of anilines is 2. The molecule has 1 aromatic carbocycles. The molecule has 0 fully saturated rings. The van der Waals surface area contributed by atoms with Gasteiger partial charge in [-0.25, -0.2) is 0 Å². The Kier molecular flexibility index (Phi) is 2.99. The minimum Gasteiger partial charge on any atom is -0.393 e. The number of nitrogens with one attached hydrogen (secondary N) is 1. The first-order valence-corrected chi connectivity index (χ1v) is 6.71. The predicted molar refractivity (Wildman–Crippen MR) is 65.8 cm³/mol. The molecule has 100 valence electrons. The van der Waals surface area contributed by atoms with Gasteiger partial charge >= 0.3 is 10.4 Å². The molecule has 2 rings (SSSR count). The van der Waals surface area contributed by atoms with Crippen molar-refractivity contribution in [1.82, 2.24) is 0 Å². The van der Waals surface area contributed by atoms with E-state index in [0.717, 1.165) is 0 Å². The zero-order valence-electron chi connectivity index (χ0n) is 9.93. The Morgan fingerprint density at radius 1 is 1.50 bits per heavy atom. The van der Waals surface area contributed by atoms with E-state index in [4.69, 9.17) is 9.92 Å². The molecule has 0 radical (unpaired) electrons. The maximum atomic E-state index is 11.3. The van der Waals surface area contributed by atoms with E-state index in [2.05, 4.69) is 9.50 Å². The number of rotatable bonds is 3. The highest BCUT2D eigenvalue weighted by atomic mass is 32.3. The van der Waals surface area contributed by atoms with Crippen LogP contribution in [-0.2, 0) is 10.4 Å².